The van der Waals surface area contributed by atoms with Crippen molar-refractivity contribution < 1.29 is 27.5 Å². The summed E-state index contributed by atoms with van der Waals surface area (Å²) in [7, 11) is 1.96. The first-order valence-corrected chi connectivity index (χ1v) is 16.9. The first-order chi connectivity index (χ1) is 23.5. The Kier molecular flexibility index (Phi) is 10.4. The number of alkyl halides is 3. The summed E-state index contributed by atoms with van der Waals surface area (Å²) in [6.07, 6.45) is -3.79. The number of nitrogens with zero attached hydrogens (tertiary/aromatic N) is 4. The molecule has 0 spiro atoms. The molecule has 3 aromatic carbocycles. The molecule has 1 atom stereocenters. The molecule has 49 heavy (non-hydrogen) atoms. The summed E-state index contributed by atoms with van der Waals surface area (Å²) in [5.41, 5.74) is 1.11. The third-order valence-corrected chi connectivity index (χ3v) is 10.1. The van der Waals surface area contributed by atoms with Crippen LogP contribution in [0.15, 0.2) is 78.9 Å². The average molecular weight is 695 g/mol. The smallest absolute Gasteiger partial charge is 0.378 e. The summed E-state index contributed by atoms with van der Waals surface area (Å²) in [5, 5.41) is 6.81. The van der Waals surface area contributed by atoms with Gasteiger partial charge in [-0.1, -0.05) is 42.5 Å². The van der Waals surface area contributed by atoms with Crippen molar-refractivity contribution in [2.45, 2.75) is 37.1 Å². The molecular formula is C36H41F3N6O3S. The van der Waals surface area contributed by atoms with E-state index in [0.29, 0.717) is 62.1 Å². The Hall–Kier alpha value is -4.20. The zero-order valence-electron chi connectivity index (χ0n) is 27.4. The van der Waals surface area contributed by atoms with Crippen LogP contribution in [0.3, 0.4) is 0 Å². The number of amides is 2. The first kappa shape index (κ1) is 34.7. The van der Waals surface area contributed by atoms with Crippen molar-refractivity contribution in [2.24, 2.45) is 0 Å². The number of carbonyl (C=O) groups is 2. The lowest BCUT2D eigenvalue weighted by Gasteiger charge is -2.47. The second-order valence-corrected chi connectivity index (χ2v) is 13.3. The van der Waals surface area contributed by atoms with E-state index in [2.05, 4.69) is 20.4 Å². The van der Waals surface area contributed by atoms with Crippen LogP contribution in [0.5, 0.6) is 0 Å². The molecule has 3 saturated heterocycles. The van der Waals surface area contributed by atoms with Gasteiger partial charge >= 0.3 is 6.18 Å². The second kappa shape index (κ2) is 14.7. The number of anilines is 2. The molecule has 2 amide bonds. The van der Waals surface area contributed by atoms with Gasteiger partial charge in [0.1, 0.15) is 5.54 Å². The van der Waals surface area contributed by atoms with Crippen molar-refractivity contribution in [2.75, 3.05) is 69.7 Å². The van der Waals surface area contributed by atoms with Crippen LogP contribution in [-0.4, -0.2) is 96.7 Å². The molecule has 260 valence electrons. The van der Waals surface area contributed by atoms with E-state index in [4.69, 9.17) is 17.0 Å². The molecule has 3 fully saturated rings. The molecule has 0 bridgehead atoms. The molecule has 13 heteroatoms. The third-order valence-electron chi connectivity index (χ3n) is 9.69. The number of benzene rings is 3. The van der Waals surface area contributed by atoms with E-state index in [9.17, 15) is 22.8 Å². The highest BCUT2D eigenvalue weighted by Crippen LogP contribution is 2.34. The maximum atomic E-state index is 14.5. The highest BCUT2D eigenvalue weighted by Gasteiger charge is 2.48. The highest BCUT2D eigenvalue weighted by molar-refractivity contribution is 7.80. The Labute approximate surface area is 290 Å². The van der Waals surface area contributed by atoms with Gasteiger partial charge in [-0.25, -0.2) is 0 Å². The molecule has 3 aliphatic heterocycles. The lowest BCUT2D eigenvalue weighted by Crippen LogP contribution is -2.64. The monoisotopic (exact) mass is 694 g/mol. The molecule has 2 N–H and O–H groups in total. The topological polar surface area (TPSA) is 80.4 Å². The Morgan fingerprint density at radius 2 is 1.61 bits per heavy atom. The van der Waals surface area contributed by atoms with E-state index in [-0.39, 0.29) is 30.9 Å². The Bertz CT molecular complexity index is 1610. The van der Waals surface area contributed by atoms with E-state index < -0.39 is 17.3 Å². The summed E-state index contributed by atoms with van der Waals surface area (Å²) < 4.78 is 45.7. The maximum absolute atomic E-state index is 14.5. The van der Waals surface area contributed by atoms with Crippen LogP contribution in [-0.2, 0) is 27.0 Å². The van der Waals surface area contributed by atoms with Crippen molar-refractivity contribution in [3.05, 3.63) is 95.6 Å². The Morgan fingerprint density at radius 3 is 2.24 bits per heavy atom. The second-order valence-electron chi connectivity index (χ2n) is 12.9. The number of morpholine rings is 1. The number of nitrogens with one attached hydrogen (secondary N) is 2. The quantitative estimate of drug-likeness (QED) is 0.307. The van der Waals surface area contributed by atoms with Gasteiger partial charge in [0.15, 0.2) is 5.11 Å². The van der Waals surface area contributed by atoms with Gasteiger partial charge < -0.3 is 35.0 Å². The van der Waals surface area contributed by atoms with Crippen molar-refractivity contribution in [3.8, 4) is 0 Å². The SMILES string of the molecule is CN1CCC(C(=O)Nc2ccc(N3CCOCC3)cc2)(N(Cc2ccc(C(F)(F)F)cc2)C(=O)CN2C[C@H](c3ccccc3)NC2=S)CC1. The zero-order chi connectivity index (χ0) is 34.6. The van der Waals surface area contributed by atoms with Gasteiger partial charge in [-0.05, 0) is 79.6 Å². The van der Waals surface area contributed by atoms with Crippen LogP contribution in [0.1, 0.15) is 35.6 Å². The third kappa shape index (κ3) is 8.00. The van der Waals surface area contributed by atoms with Gasteiger partial charge in [-0.15, -0.1) is 0 Å². The van der Waals surface area contributed by atoms with Crippen molar-refractivity contribution in [3.63, 3.8) is 0 Å². The fourth-order valence-corrected chi connectivity index (χ4v) is 7.02. The lowest BCUT2D eigenvalue weighted by atomic mass is 9.83. The minimum atomic E-state index is -4.49. The van der Waals surface area contributed by atoms with Crippen LogP contribution in [0, 0.1) is 0 Å². The van der Waals surface area contributed by atoms with E-state index in [1.54, 1.807) is 9.80 Å². The Balaban J connectivity index is 1.28. The molecule has 3 aromatic rings. The van der Waals surface area contributed by atoms with Crippen molar-refractivity contribution >= 4 is 40.5 Å². The molecule has 9 nitrogen and oxygen atoms in total. The van der Waals surface area contributed by atoms with E-state index in [1.807, 2.05) is 61.6 Å². The van der Waals surface area contributed by atoms with E-state index >= 15 is 0 Å². The molecule has 0 saturated carbocycles. The Morgan fingerprint density at radius 1 is 0.959 bits per heavy atom. The molecule has 0 aromatic heterocycles. The van der Waals surface area contributed by atoms with Gasteiger partial charge in [0, 0.05) is 50.6 Å². The molecule has 3 heterocycles. The number of hydrogen-bond donors (Lipinski definition) is 2. The van der Waals surface area contributed by atoms with Crippen LogP contribution >= 0.6 is 12.2 Å². The molecular weight excluding hydrogens is 653 g/mol. The number of thiocarbonyl (C=S) groups is 1. The number of carbonyl (C=O) groups excluding carboxylic acids is 2. The summed E-state index contributed by atoms with van der Waals surface area (Å²) in [4.78, 5) is 36.7. The molecule has 0 unspecified atom stereocenters. The standard InChI is InChI=1S/C36H41F3N6O3S/c1-42-17-15-35(16-18-42,33(47)40-29-11-13-30(14-12-29)43-19-21-48-22-20-43)45(23-26-7-9-28(10-8-26)36(37,38)39)32(46)25-44-24-31(41-34(44)49)27-5-3-2-4-6-27/h2-14,31H,15-25H2,1H3,(H,40,47)(H,41,49)/t31-/m1/s1. The van der Waals surface area contributed by atoms with Crippen LogP contribution in [0.25, 0.3) is 0 Å². The minimum Gasteiger partial charge on any atom is -0.378 e. The first-order valence-electron chi connectivity index (χ1n) is 16.5. The normalized spacial score (nSPS) is 19.8. The minimum absolute atomic E-state index is 0.0415. The number of ether oxygens (including phenoxy) is 1. The van der Waals surface area contributed by atoms with Gasteiger partial charge in [-0.2, -0.15) is 13.2 Å². The van der Waals surface area contributed by atoms with Crippen molar-refractivity contribution in [1.29, 1.82) is 0 Å². The van der Waals surface area contributed by atoms with Crippen LogP contribution < -0.4 is 15.5 Å². The zero-order valence-corrected chi connectivity index (χ0v) is 28.2. The summed E-state index contributed by atoms with van der Waals surface area (Å²) in [5.74, 6) is -0.663. The number of likely N-dealkylation sites (tertiary alicyclic amines) is 1. The lowest BCUT2D eigenvalue weighted by molar-refractivity contribution is -0.150. The van der Waals surface area contributed by atoms with Crippen LogP contribution in [0.4, 0.5) is 24.5 Å². The molecule has 0 radical (unpaired) electrons. The number of hydrogen-bond acceptors (Lipinski definition) is 6. The highest BCUT2D eigenvalue weighted by atomic mass is 32.1. The largest absolute Gasteiger partial charge is 0.416 e. The summed E-state index contributed by atoms with van der Waals surface area (Å²) in [6.45, 7) is 4.32. The van der Waals surface area contributed by atoms with E-state index in [1.165, 1.54) is 12.1 Å². The van der Waals surface area contributed by atoms with Crippen molar-refractivity contribution in [1.82, 2.24) is 20.0 Å². The molecule has 6 rings (SSSR count). The predicted octanol–water partition coefficient (Wildman–Crippen LogP) is 4.91. The number of halogens is 3. The number of piperidine rings is 1. The summed E-state index contributed by atoms with van der Waals surface area (Å²) in [6, 6.07) is 22.1. The van der Waals surface area contributed by atoms with Gasteiger partial charge in [0.2, 0.25) is 11.8 Å². The van der Waals surface area contributed by atoms with Gasteiger partial charge in [0.05, 0.1) is 31.4 Å². The number of rotatable bonds is 9. The summed E-state index contributed by atoms with van der Waals surface area (Å²) >= 11 is 5.64. The fourth-order valence-electron chi connectivity index (χ4n) is 6.74. The van der Waals surface area contributed by atoms with E-state index in [0.717, 1.165) is 36.5 Å². The predicted molar refractivity (Wildman–Crippen MR) is 186 cm³/mol. The average Bonchev–Trinajstić information content (AvgIpc) is 3.48. The van der Waals surface area contributed by atoms with Gasteiger partial charge in [-0.3, -0.25) is 9.59 Å². The maximum Gasteiger partial charge on any atom is 0.416 e. The van der Waals surface area contributed by atoms with Crippen LogP contribution in [0.2, 0.25) is 0 Å². The molecule has 3 aliphatic rings. The fraction of sp³-hybridized carbons (Fsp3) is 0.417. The van der Waals surface area contributed by atoms with Gasteiger partial charge in [0.25, 0.3) is 0 Å². The molecule has 0 aliphatic carbocycles.